The minimum absolute atomic E-state index is 0.0181. The van der Waals surface area contributed by atoms with E-state index >= 15 is 0 Å². The lowest BCUT2D eigenvalue weighted by Gasteiger charge is -2.33. The summed E-state index contributed by atoms with van der Waals surface area (Å²) in [7, 11) is 1.67. The third kappa shape index (κ3) is 4.60. The minimum Gasteiger partial charge on any atom is -0.496 e. The molecule has 3 atom stereocenters. The van der Waals surface area contributed by atoms with Gasteiger partial charge in [-0.3, -0.25) is 9.59 Å². The number of carbonyl (C=O) groups is 2. The predicted octanol–water partition coefficient (Wildman–Crippen LogP) is 4.14. The van der Waals surface area contributed by atoms with Gasteiger partial charge in [0.2, 0.25) is 5.91 Å². The first-order valence-corrected chi connectivity index (χ1v) is 11.4. The van der Waals surface area contributed by atoms with Crippen molar-refractivity contribution < 1.29 is 14.3 Å². The minimum atomic E-state index is -0.389. The molecule has 1 aliphatic carbocycles. The Morgan fingerprint density at radius 1 is 1.10 bits per heavy atom. The number of hydrogen-bond acceptors (Lipinski definition) is 3. The third-order valence-corrected chi connectivity index (χ3v) is 6.78. The maximum absolute atomic E-state index is 13.4. The largest absolute Gasteiger partial charge is 0.496 e. The van der Waals surface area contributed by atoms with E-state index in [1.807, 2.05) is 47.4 Å². The molecule has 1 saturated carbocycles. The van der Waals surface area contributed by atoms with Crippen molar-refractivity contribution in [3.8, 4) is 5.75 Å². The molecule has 1 aliphatic heterocycles. The van der Waals surface area contributed by atoms with Crippen molar-refractivity contribution in [2.75, 3.05) is 13.7 Å². The summed E-state index contributed by atoms with van der Waals surface area (Å²) in [6.07, 6.45) is 5.88. The van der Waals surface area contributed by atoms with Crippen molar-refractivity contribution in [3.05, 3.63) is 65.2 Å². The SMILES string of the molecule is COc1ccc(C)cc1CCNC(=O)C1CC2CCCCC2N1C(=O)c1ccccc1. The lowest BCUT2D eigenvalue weighted by molar-refractivity contribution is -0.125. The van der Waals surface area contributed by atoms with Crippen LogP contribution in [0.5, 0.6) is 5.75 Å². The van der Waals surface area contributed by atoms with E-state index in [0.29, 0.717) is 24.4 Å². The van der Waals surface area contributed by atoms with Gasteiger partial charge in [0, 0.05) is 18.2 Å². The van der Waals surface area contributed by atoms with E-state index in [4.69, 9.17) is 4.74 Å². The third-order valence-electron chi connectivity index (χ3n) is 6.78. The fraction of sp³-hybridized carbons (Fsp3) is 0.462. The van der Waals surface area contributed by atoms with Crippen LogP contribution in [0.15, 0.2) is 48.5 Å². The fourth-order valence-corrected chi connectivity index (χ4v) is 5.26. The second-order valence-electron chi connectivity index (χ2n) is 8.80. The molecule has 5 nitrogen and oxygen atoms in total. The van der Waals surface area contributed by atoms with E-state index in [1.54, 1.807) is 7.11 Å². The van der Waals surface area contributed by atoms with Crippen LogP contribution in [0.4, 0.5) is 0 Å². The number of methoxy groups -OCH3 is 1. The normalized spacial score (nSPS) is 22.6. The van der Waals surface area contributed by atoms with Crippen LogP contribution in [-0.4, -0.2) is 42.5 Å². The standard InChI is InChI=1S/C26H32N2O3/c1-18-12-13-24(31-2)21(16-18)14-15-27-25(29)23-17-20-10-6-7-11-22(20)28(23)26(30)19-8-4-3-5-9-19/h3-5,8-9,12-13,16,20,22-23H,6-7,10-11,14-15,17H2,1-2H3,(H,27,29). The zero-order valence-electron chi connectivity index (χ0n) is 18.5. The molecular weight excluding hydrogens is 388 g/mol. The van der Waals surface area contributed by atoms with E-state index in [0.717, 1.165) is 37.0 Å². The predicted molar refractivity (Wildman–Crippen MR) is 121 cm³/mol. The molecule has 1 heterocycles. The number of aryl methyl sites for hydroxylation is 1. The molecule has 1 N–H and O–H groups in total. The van der Waals surface area contributed by atoms with E-state index in [1.165, 1.54) is 12.0 Å². The highest BCUT2D eigenvalue weighted by Crippen LogP contribution is 2.40. The number of nitrogens with one attached hydrogen (secondary N) is 1. The Labute approximate surface area is 184 Å². The van der Waals surface area contributed by atoms with Crippen molar-refractivity contribution in [3.63, 3.8) is 0 Å². The number of rotatable bonds is 6. The van der Waals surface area contributed by atoms with Crippen molar-refractivity contribution in [1.82, 2.24) is 10.2 Å². The first kappa shape index (κ1) is 21.4. The molecule has 164 valence electrons. The Morgan fingerprint density at radius 2 is 1.87 bits per heavy atom. The van der Waals surface area contributed by atoms with Crippen molar-refractivity contribution in [2.24, 2.45) is 5.92 Å². The zero-order valence-corrected chi connectivity index (χ0v) is 18.5. The van der Waals surface area contributed by atoms with Crippen LogP contribution in [0.25, 0.3) is 0 Å². The molecule has 2 fully saturated rings. The summed E-state index contributed by atoms with van der Waals surface area (Å²) in [5, 5.41) is 3.10. The maximum atomic E-state index is 13.4. The van der Waals surface area contributed by atoms with Crippen LogP contribution in [0.2, 0.25) is 0 Å². The van der Waals surface area contributed by atoms with Crippen LogP contribution in [0.1, 0.15) is 53.6 Å². The molecule has 4 rings (SSSR count). The zero-order chi connectivity index (χ0) is 21.8. The maximum Gasteiger partial charge on any atom is 0.254 e. The molecule has 3 unspecified atom stereocenters. The molecule has 0 spiro atoms. The molecule has 2 amide bonds. The van der Waals surface area contributed by atoms with Gasteiger partial charge in [-0.1, -0.05) is 48.7 Å². The van der Waals surface area contributed by atoms with Gasteiger partial charge in [0.05, 0.1) is 7.11 Å². The van der Waals surface area contributed by atoms with Gasteiger partial charge >= 0.3 is 0 Å². The fourth-order valence-electron chi connectivity index (χ4n) is 5.26. The summed E-state index contributed by atoms with van der Waals surface area (Å²) in [6.45, 7) is 2.58. The number of benzene rings is 2. The second kappa shape index (κ2) is 9.54. The lowest BCUT2D eigenvalue weighted by atomic mass is 9.84. The van der Waals surface area contributed by atoms with Gasteiger partial charge in [0.25, 0.3) is 5.91 Å². The number of amides is 2. The van der Waals surface area contributed by atoms with Gasteiger partial charge in [-0.15, -0.1) is 0 Å². The number of ether oxygens (including phenoxy) is 1. The summed E-state index contributed by atoms with van der Waals surface area (Å²) in [6, 6.07) is 15.2. The average Bonchev–Trinajstić information content (AvgIpc) is 3.19. The molecule has 2 aromatic rings. The number of hydrogen-bond donors (Lipinski definition) is 1. The molecule has 0 radical (unpaired) electrons. The highest BCUT2D eigenvalue weighted by molar-refractivity contribution is 5.98. The van der Waals surface area contributed by atoms with Crippen molar-refractivity contribution >= 4 is 11.8 Å². The van der Waals surface area contributed by atoms with Crippen LogP contribution >= 0.6 is 0 Å². The Balaban J connectivity index is 1.46. The summed E-state index contributed by atoms with van der Waals surface area (Å²) in [5.41, 5.74) is 2.91. The van der Waals surface area contributed by atoms with Crippen LogP contribution < -0.4 is 10.1 Å². The Kier molecular flexibility index (Phi) is 6.59. The van der Waals surface area contributed by atoms with Gasteiger partial charge in [0.1, 0.15) is 11.8 Å². The Bertz CT molecular complexity index is 928. The molecule has 0 aromatic heterocycles. The molecule has 31 heavy (non-hydrogen) atoms. The number of likely N-dealkylation sites (tertiary alicyclic amines) is 1. The number of nitrogens with zero attached hydrogens (tertiary/aromatic N) is 1. The van der Waals surface area contributed by atoms with Gasteiger partial charge in [-0.2, -0.15) is 0 Å². The van der Waals surface area contributed by atoms with E-state index in [2.05, 4.69) is 18.3 Å². The first-order valence-electron chi connectivity index (χ1n) is 11.4. The van der Waals surface area contributed by atoms with Gasteiger partial charge in [0.15, 0.2) is 0 Å². The summed E-state index contributed by atoms with van der Waals surface area (Å²) >= 11 is 0. The van der Waals surface area contributed by atoms with Crippen LogP contribution in [0.3, 0.4) is 0 Å². The van der Waals surface area contributed by atoms with Crippen molar-refractivity contribution in [1.29, 1.82) is 0 Å². The van der Waals surface area contributed by atoms with Gasteiger partial charge in [-0.25, -0.2) is 0 Å². The molecular formula is C26H32N2O3. The lowest BCUT2D eigenvalue weighted by Crippen LogP contribution is -2.49. The van der Waals surface area contributed by atoms with Gasteiger partial charge < -0.3 is 15.0 Å². The van der Waals surface area contributed by atoms with Crippen LogP contribution in [0, 0.1) is 12.8 Å². The van der Waals surface area contributed by atoms with E-state index in [9.17, 15) is 9.59 Å². The smallest absolute Gasteiger partial charge is 0.254 e. The Hall–Kier alpha value is -2.82. The van der Waals surface area contributed by atoms with Crippen LogP contribution in [-0.2, 0) is 11.2 Å². The quantitative estimate of drug-likeness (QED) is 0.764. The summed E-state index contributed by atoms with van der Waals surface area (Å²) in [4.78, 5) is 28.5. The average molecular weight is 421 g/mol. The molecule has 2 aromatic carbocycles. The van der Waals surface area contributed by atoms with E-state index < -0.39 is 0 Å². The number of carbonyl (C=O) groups excluding carboxylic acids is 2. The highest BCUT2D eigenvalue weighted by Gasteiger charge is 2.47. The second-order valence-corrected chi connectivity index (χ2v) is 8.80. The molecule has 0 bridgehead atoms. The molecule has 2 aliphatic rings. The van der Waals surface area contributed by atoms with Crippen molar-refractivity contribution in [2.45, 2.75) is 57.5 Å². The molecule has 5 heteroatoms. The summed E-state index contributed by atoms with van der Waals surface area (Å²) in [5.74, 6) is 1.21. The Morgan fingerprint density at radius 3 is 2.65 bits per heavy atom. The van der Waals surface area contributed by atoms with E-state index in [-0.39, 0.29) is 23.9 Å². The topological polar surface area (TPSA) is 58.6 Å². The highest BCUT2D eigenvalue weighted by atomic mass is 16.5. The number of fused-ring (bicyclic) bond motifs is 1. The monoisotopic (exact) mass is 420 g/mol. The first-order chi connectivity index (χ1) is 15.1. The molecule has 1 saturated heterocycles. The summed E-state index contributed by atoms with van der Waals surface area (Å²) < 4.78 is 5.45. The van der Waals surface area contributed by atoms with Gasteiger partial charge in [-0.05, 0) is 62.3 Å².